The van der Waals surface area contributed by atoms with Crippen LogP contribution in [0, 0.1) is 0 Å². The number of benzene rings is 2. The number of carbonyl (C=O) groups is 2. The van der Waals surface area contributed by atoms with Crippen molar-refractivity contribution >= 4 is 34.8 Å². The molecule has 2 heterocycles. The first-order chi connectivity index (χ1) is 16.1. The van der Waals surface area contributed by atoms with Crippen molar-refractivity contribution in [1.82, 2.24) is 5.32 Å². The summed E-state index contributed by atoms with van der Waals surface area (Å²) in [6, 6.07) is 12.3. The highest BCUT2D eigenvalue weighted by molar-refractivity contribution is 6.30. The van der Waals surface area contributed by atoms with Crippen LogP contribution in [-0.4, -0.2) is 50.8 Å². The predicted octanol–water partition coefficient (Wildman–Crippen LogP) is 4.26. The number of ether oxygens (including phenoxy) is 2. The number of nitrogens with one attached hydrogen (secondary N) is 2. The smallest absolute Gasteiger partial charge is 0.262 e. The maximum atomic E-state index is 13.1. The fraction of sp³-hybridized carbons (Fsp3) is 0.440. The molecule has 2 saturated heterocycles. The van der Waals surface area contributed by atoms with Crippen LogP contribution in [0.25, 0.3) is 0 Å². The lowest BCUT2D eigenvalue weighted by Crippen LogP contribution is -2.35. The Morgan fingerprint density at radius 1 is 1.06 bits per heavy atom. The zero-order chi connectivity index (χ0) is 23.0. The van der Waals surface area contributed by atoms with Crippen molar-refractivity contribution in [3.05, 3.63) is 53.1 Å². The molecular formula is C25H30ClN3O4. The molecular weight excluding hydrogens is 442 g/mol. The number of hydrogen-bond donors (Lipinski definition) is 2. The molecule has 33 heavy (non-hydrogen) atoms. The molecule has 1 unspecified atom stereocenters. The average molecular weight is 472 g/mol. The SMILES string of the molecule is O=C(COc1ccc(Cl)cc1)Nc1ccc(N2CCCCC2)c(C(=O)NCC2CCCO2)c1. The van der Waals surface area contributed by atoms with Gasteiger partial charge in [0.25, 0.3) is 11.8 Å². The summed E-state index contributed by atoms with van der Waals surface area (Å²) in [5, 5.41) is 6.45. The number of nitrogens with zero attached hydrogens (tertiary/aromatic N) is 1. The van der Waals surface area contributed by atoms with Crippen LogP contribution in [0.3, 0.4) is 0 Å². The molecule has 0 bridgehead atoms. The maximum Gasteiger partial charge on any atom is 0.262 e. The van der Waals surface area contributed by atoms with Gasteiger partial charge < -0.3 is 25.0 Å². The number of rotatable bonds is 8. The Morgan fingerprint density at radius 2 is 1.85 bits per heavy atom. The van der Waals surface area contributed by atoms with Gasteiger partial charge in [-0.05, 0) is 74.6 Å². The van der Waals surface area contributed by atoms with Gasteiger partial charge in [0.05, 0.1) is 11.7 Å². The first-order valence-electron chi connectivity index (χ1n) is 11.6. The van der Waals surface area contributed by atoms with Crippen LogP contribution in [0.4, 0.5) is 11.4 Å². The number of hydrogen-bond acceptors (Lipinski definition) is 5. The Hall–Kier alpha value is -2.77. The first kappa shape index (κ1) is 23.4. The van der Waals surface area contributed by atoms with Crippen molar-refractivity contribution in [2.75, 3.05) is 43.1 Å². The molecule has 7 nitrogen and oxygen atoms in total. The van der Waals surface area contributed by atoms with Crippen molar-refractivity contribution in [3.63, 3.8) is 0 Å². The van der Waals surface area contributed by atoms with Gasteiger partial charge in [-0.15, -0.1) is 0 Å². The first-order valence-corrected chi connectivity index (χ1v) is 11.9. The summed E-state index contributed by atoms with van der Waals surface area (Å²) in [5.41, 5.74) is 2.02. The third-order valence-corrected chi connectivity index (χ3v) is 6.17. The summed E-state index contributed by atoms with van der Waals surface area (Å²) in [7, 11) is 0. The second kappa shape index (κ2) is 11.4. The van der Waals surface area contributed by atoms with E-state index in [0.29, 0.717) is 28.6 Å². The molecule has 2 aliphatic heterocycles. The van der Waals surface area contributed by atoms with E-state index >= 15 is 0 Å². The Balaban J connectivity index is 1.43. The summed E-state index contributed by atoms with van der Waals surface area (Å²) in [6.07, 6.45) is 5.48. The molecule has 176 valence electrons. The standard InChI is InChI=1S/C25H30ClN3O4/c26-18-6-9-20(10-7-18)33-17-24(30)28-19-8-11-23(29-12-2-1-3-13-29)22(15-19)25(31)27-16-21-5-4-14-32-21/h6-11,15,21H,1-5,12-14,16-17H2,(H,27,31)(H,28,30). The number of carbonyl (C=O) groups excluding carboxylic acids is 2. The fourth-order valence-electron chi connectivity index (χ4n) is 4.19. The van der Waals surface area contributed by atoms with Crippen LogP contribution >= 0.6 is 11.6 Å². The van der Waals surface area contributed by atoms with Crippen LogP contribution < -0.4 is 20.3 Å². The maximum absolute atomic E-state index is 13.1. The van der Waals surface area contributed by atoms with Gasteiger partial charge in [-0.25, -0.2) is 0 Å². The van der Waals surface area contributed by atoms with Crippen molar-refractivity contribution in [2.24, 2.45) is 0 Å². The van der Waals surface area contributed by atoms with E-state index < -0.39 is 0 Å². The van der Waals surface area contributed by atoms with E-state index in [4.69, 9.17) is 21.1 Å². The molecule has 1 atom stereocenters. The lowest BCUT2D eigenvalue weighted by molar-refractivity contribution is -0.118. The summed E-state index contributed by atoms with van der Waals surface area (Å²) >= 11 is 5.87. The summed E-state index contributed by atoms with van der Waals surface area (Å²) in [4.78, 5) is 27.8. The highest BCUT2D eigenvalue weighted by Crippen LogP contribution is 2.27. The summed E-state index contributed by atoms with van der Waals surface area (Å²) in [6.45, 7) is 2.94. The molecule has 2 N–H and O–H groups in total. The quantitative estimate of drug-likeness (QED) is 0.601. The Bertz CT molecular complexity index is 955. The average Bonchev–Trinajstić information content (AvgIpc) is 3.36. The van der Waals surface area contributed by atoms with E-state index in [2.05, 4.69) is 15.5 Å². The largest absolute Gasteiger partial charge is 0.484 e. The Morgan fingerprint density at radius 3 is 2.58 bits per heavy atom. The van der Waals surface area contributed by atoms with E-state index in [-0.39, 0.29) is 24.5 Å². The van der Waals surface area contributed by atoms with E-state index in [0.717, 1.165) is 51.1 Å². The minimum Gasteiger partial charge on any atom is -0.484 e. The zero-order valence-electron chi connectivity index (χ0n) is 18.6. The molecule has 2 amide bonds. The minimum atomic E-state index is -0.304. The molecule has 2 aliphatic rings. The van der Waals surface area contributed by atoms with Gasteiger partial charge in [0.15, 0.2) is 6.61 Å². The highest BCUT2D eigenvalue weighted by Gasteiger charge is 2.22. The minimum absolute atomic E-state index is 0.0697. The second-order valence-electron chi connectivity index (χ2n) is 8.42. The van der Waals surface area contributed by atoms with E-state index in [9.17, 15) is 9.59 Å². The number of anilines is 2. The molecule has 8 heteroatoms. The molecule has 4 rings (SSSR count). The van der Waals surface area contributed by atoms with Gasteiger partial charge in [0.1, 0.15) is 5.75 Å². The molecule has 2 aromatic carbocycles. The number of amides is 2. The molecule has 0 saturated carbocycles. The van der Waals surface area contributed by atoms with E-state index in [1.165, 1.54) is 6.42 Å². The zero-order valence-corrected chi connectivity index (χ0v) is 19.4. The van der Waals surface area contributed by atoms with Gasteiger partial charge in [-0.2, -0.15) is 0 Å². The van der Waals surface area contributed by atoms with Gasteiger partial charge in [0.2, 0.25) is 0 Å². The predicted molar refractivity (Wildman–Crippen MR) is 129 cm³/mol. The topological polar surface area (TPSA) is 79.9 Å². The van der Waals surface area contributed by atoms with E-state index in [1.54, 1.807) is 30.3 Å². The van der Waals surface area contributed by atoms with Crippen molar-refractivity contribution < 1.29 is 19.1 Å². The molecule has 2 fully saturated rings. The molecule has 0 radical (unpaired) electrons. The second-order valence-corrected chi connectivity index (χ2v) is 8.85. The summed E-state index contributed by atoms with van der Waals surface area (Å²) < 4.78 is 11.1. The molecule has 0 aromatic heterocycles. The number of halogens is 1. The third-order valence-electron chi connectivity index (χ3n) is 5.92. The number of piperidine rings is 1. The van der Waals surface area contributed by atoms with Crippen molar-refractivity contribution in [3.8, 4) is 5.75 Å². The van der Waals surface area contributed by atoms with E-state index in [1.807, 2.05) is 12.1 Å². The van der Waals surface area contributed by atoms with Crippen LogP contribution in [-0.2, 0) is 9.53 Å². The molecule has 2 aromatic rings. The van der Waals surface area contributed by atoms with Crippen molar-refractivity contribution in [2.45, 2.75) is 38.2 Å². The molecule has 0 aliphatic carbocycles. The summed E-state index contributed by atoms with van der Waals surface area (Å²) in [5.74, 6) is 0.102. The van der Waals surface area contributed by atoms with Crippen molar-refractivity contribution in [1.29, 1.82) is 0 Å². The van der Waals surface area contributed by atoms with Crippen LogP contribution in [0.1, 0.15) is 42.5 Å². The Labute approximate surface area is 199 Å². The van der Waals surface area contributed by atoms with Gasteiger partial charge in [0, 0.05) is 42.6 Å². The Kier molecular flexibility index (Phi) is 8.07. The normalized spacial score (nSPS) is 18.1. The molecule has 0 spiro atoms. The fourth-order valence-corrected chi connectivity index (χ4v) is 4.32. The highest BCUT2D eigenvalue weighted by atomic mass is 35.5. The van der Waals surface area contributed by atoms with Gasteiger partial charge >= 0.3 is 0 Å². The van der Waals surface area contributed by atoms with Crippen LogP contribution in [0.15, 0.2) is 42.5 Å². The van der Waals surface area contributed by atoms with Gasteiger partial charge in [-0.3, -0.25) is 9.59 Å². The van der Waals surface area contributed by atoms with Gasteiger partial charge in [-0.1, -0.05) is 11.6 Å². The van der Waals surface area contributed by atoms with Crippen LogP contribution in [0.2, 0.25) is 5.02 Å². The lowest BCUT2D eigenvalue weighted by Gasteiger charge is -2.30. The van der Waals surface area contributed by atoms with Crippen LogP contribution in [0.5, 0.6) is 5.75 Å². The lowest BCUT2D eigenvalue weighted by atomic mass is 10.1. The monoisotopic (exact) mass is 471 g/mol. The third kappa shape index (κ3) is 6.62.